The summed E-state index contributed by atoms with van der Waals surface area (Å²) in [7, 11) is 0. The Bertz CT molecular complexity index is 377. The summed E-state index contributed by atoms with van der Waals surface area (Å²) in [5.41, 5.74) is 0. The molecule has 0 radical (unpaired) electrons. The third kappa shape index (κ3) is 0.717. The van der Waals surface area contributed by atoms with Crippen LogP contribution < -0.4 is 0 Å². The van der Waals surface area contributed by atoms with Crippen LogP contribution in [0.15, 0.2) is 0 Å². The molecule has 4 aliphatic carbocycles. The van der Waals surface area contributed by atoms with Crippen molar-refractivity contribution in [2.45, 2.75) is 37.6 Å². The summed E-state index contributed by atoms with van der Waals surface area (Å²) in [5.74, 6) is 7.12. The summed E-state index contributed by atoms with van der Waals surface area (Å²) >= 11 is 0. The molecule has 0 amide bonds. The molecule has 0 aromatic heterocycles. The molecule has 10 unspecified atom stereocenters. The van der Waals surface area contributed by atoms with Crippen LogP contribution in [0.3, 0.4) is 0 Å². The molecular weight excluding hydrogens is 200 g/mol. The molecule has 10 atom stereocenters. The Labute approximate surface area is 95.7 Å². The van der Waals surface area contributed by atoms with Crippen molar-refractivity contribution < 1.29 is 9.47 Å². The Hall–Kier alpha value is -0.0800. The van der Waals surface area contributed by atoms with Gasteiger partial charge in [0.05, 0.1) is 24.9 Å². The van der Waals surface area contributed by atoms with Crippen LogP contribution in [0.25, 0.3) is 0 Å². The van der Waals surface area contributed by atoms with Crippen molar-refractivity contribution >= 4 is 0 Å². The van der Waals surface area contributed by atoms with Gasteiger partial charge in [-0.1, -0.05) is 0 Å². The first-order chi connectivity index (χ1) is 7.92. The van der Waals surface area contributed by atoms with Crippen LogP contribution in [-0.4, -0.2) is 24.9 Å². The molecule has 6 fully saturated rings. The van der Waals surface area contributed by atoms with E-state index in [9.17, 15) is 0 Å². The van der Waals surface area contributed by atoms with Crippen LogP contribution in [0.1, 0.15) is 19.3 Å². The smallest absolute Gasteiger partial charge is 0.0875 e. The fourth-order valence-corrected chi connectivity index (χ4v) is 6.63. The van der Waals surface area contributed by atoms with Gasteiger partial charge in [-0.25, -0.2) is 0 Å². The summed E-state index contributed by atoms with van der Waals surface area (Å²) < 4.78 is 11.5. The highest BCUT2D eigenvalue weighted by molar-refractivity contribution is 5.21. The van der Waals surface area contributed by atoms with Gasteiger partial charge in [0.1, 0.15) is 0 Å². The summed E-state index contributed by atoms with van der Waals surface area (Å²) in [6.45, 7) is 1.07. The molecule has 4 saturated carbocycles. The van der Waals surface area contributed by atoms with E-state index < -0.39 is 0 Å². The molecule has 6 aliphatic rings. The molecule has 2 heteroatoms. The normalized spacial score (nSPS) is 76.5. The van der Waals surface area contributed by atoms with Crippen LogP contribution in [0, 0.1) is 41.4 Å². The van der Waals surface area contributed by atoms with Gasteiger partial charge in [-0.15, -0.1) is 0 Å². The minimum atomic E-state index is 0.672. The zero-order valence-corrected chi connectivity index (χ0v) is 9.42. The lowest BCUT2D eigenvalue weighted by molar-refractivity contribution is 0.102. The van der Waals surface area contributed by atoms with Gasteiger partial charge in [-0.05, 0) is 60.7 Å². The second-order valence-electron chi connectivity index (χ2n) is 7.21. The first-order valence-electron chi connectivity index (χ1n) is 7.19. The Morgan fingerprint density at radius 3 is 2.31 bits per heavy atom. The molecule has 2 aliphatic heterocycles. The van der Waals surface area contributed by atoms with Crippen LogP contribution in [-0.2, 0) is 9.47 Å². The molecule has 0 spiro atoms. The monoisotopic (exact) mass is 218 g/mol. The zero-order chi connectivity index (χ0) is 10.0. The van der Waals surface area contributed by atoms with Crippen LogP contribution >= 0.6 is 0 Å². The van der Waals surface area contributed by atoms with E-state index in [1.807, 2.05) is 0 Å². The van der Waals surface area contributed by atoms with E-state index in [1.54, 1.807) is 6.42 Å². The van der Waals surface area contributed by atoms with Gasteiger partial charge in [0.25, 0.3) is 0 Å². The lowest BCUT2D eigenvalue weighted by Crippen LogP contribution is -2.37. The van der Waals surface area contributed by atoms with Crippen molar-refractivity contribution in [2.75, 3.05) is 6.61 Å². The van der Waals surface area contributed by atoms with Crippen molar-refractivity contribution in [1.82, 2.24) is 0 Å². The first-order valence-corrected chi connectivity index (χ1v) is 7.19. The predicted octanol–water partition coefficient (Wildman–Crippen LogP) is 1.69. The number of rotatable bonds is 1. The van der Waals surface area contributed by atoms with Crippen molar-refractivity contribution in [3.63, 3.8) is 0 Å². The highest BCUT2D eigenvalue weighted by atomic mass is 16.6. The van der Waals surface area contributed by atoms with E-state index in [-0.39, 0.29) is 0 Å². The summed E-state index contributed by atoms with van der Waals surface area (Å²) in [6.07, 6.45) is 6.68. The maximum absolute atomic E-state index is 5.88. The number of hydrogen-bond donors (Lipinski definition) is 0. The Kier molecular flexibility index (Phi) is 1.13. The number of epoxide rings is 2. The fraction of sp³-hybridized carbons (Fsp3) is 1.00. The molecule has 16 heavy (non-hydrogen) atoms. The molecule has 0 N–H and O–H groups in total. The van der Waals surface area contributed by atoms with Gasteiger partial charge in [-0.3, -0.25) is 0 Å². The molecule has 0 aromatic carbocycles. The quantitative estimate of drug-likeness (QED) is 0.494. The van der Waals surface area contributed by atoms with E-state index in [1.165, 1.54) is 12.8 Å². The van der Waals surface area contributed by atoms with E-state index in [0.717, 1.165) is 54.1 Å². The molecule has 6 rings (SSSR count). The van der Waals surface area contributed by atoms with Gasteiger partial charge in [-0.2, -0.15) is 0 Å². The predicted molar refractivity (Wildman–Crippen MR) is 56.7 cm³/mol. The minimum Gasteiger partial charge on any atom is -0.373 e. The van der Waals surface area contributed by atoms with E-state index in [2.05, 4.69) is 0 Å². The average molecular weight is 218 g/mol. The maximum atomic E-state index is 5.88. The standard InChI is InChI=1S/C14H18O2/c1-5-2-7(6(1)10-4-15-10)12-9-3-8(11(5)12)13-14(9)16-13/h5-14H,1-4H2. The lowest BCUT2D eigenvalue weighted by Gasteiger charge is -2.36. The molecule has 4 bridgehead atoms. The topological polar surface area (TPSA) is 25.1 Å². The number of hydrogen-bond acceptors (Lipinski definition) is 2. The van der Waals surface area contributed by atoms with Crippen LogP contribution in [0.2, 0.25) is 0 Å². The zero-order valence-electron chi connectivity index (χ0n) is 9.42. The van der Waals surface area contributed by atoms with E-state index >= 15 is 0 Å². The highest BCUT2D eigenvalue weighted by Crippen LogP contribution is 2.73. The van der Waals surface area contributed by atoms with E-state index in [0.29, 0.717) is 12.2 Å². The van der Waals surface area contributed by atoms with Crippen molar-refractivity contribution in [2.24, 2.45) is 41.4 Å². The Balaban J connectivity index is 1.42. The molecule has 86 valence electrons. The third-order valence-electron chi connectivity index (χ3n) is 6.96. The Morgan fingerprint density at radius 1 is 0.750 bits per heavy atom. The third-order valence-corrected chi connectivity index (χ3v) is 6.96. The van der Waals surface area contributed by atoms with Gasteiger partial charge < -0.3 is 9.47 Å². The van der Waals surface area contributed by atoms with Gasteiger partial charge in [0.15, 0.2) is 0 Å². The molecular formula is C14H18O2. The molecule has 2 saturated heterocycles. The SMILES string of the molecule is C1OC1C1CC2CC1C1C3CC(C4OC34)C21. The van der Waals surface area contributed by atoms with Crippen LogP contribution in [0.5, 0.6) is 0 Å². The van der Waals surface area contributed by atoms with Crippen molar-refractivity contribution in [1.29, 1.82) is 0 Å². The number of fused-ring (bicyclic) bond motifs is 12. The van der Waals surface area contributed by atoms with E-state index in [4.69, 9.17) is 9.47 Å². The lowest BCUT2D eigenvalue weighted by atomic mass is 9.67. The second-order valence-corrected chi connectivity index (χ2v) is 7.21. The summed E-state index contributed by atoms with van der Waals surface area (Å²) in [4.78, 5) is 0. The summed E-state index contributed by atoms with van der Waals surface area (Å²) in [5, 5.41) is 0. The van der Waals surface area contributed by atoms with Gasteiger partial charge >= 0.3 is 0 Å². The molecule has 0 aromatic rings. The fourth-order valence-electron chi connectivity index (χ4n) is 6.63. The maximum Gasteiger partial charge on any atom is 0.0875 e. The van der Waals surface area contributed by atoms with Gasteiger partial charge in [0, 0.05) is 0 Å². The van der Waals surface area contributed by atoms with Crippen molar-refractivity contribution in [3.05, 3.63) is 0 Å². The summed E-state index contributed by atoms with van der Waals surface area (Å²) in [6, 6.07) is 0. The second kappa shape index (κ2) is 2.24. The largest absolute Gasteiger partial charge is 0.373 e. The minimum absolute atomic E-state index is 0.672. The number of ether oxygens (including phenoxy) is 2. The van der Waals surface area contributed by atoms with Crippen LogP contribution in [0.4, 0.5) is 0 Å². The van der Waals surface area contributed by atoms with Crippen molar-refractivity contribution in [3.8, 4) is 0 Å². The molecule has 2 heterocycles. The molecule has 2 nitrogen and oxygen atoms in total. The highest BCUT2D eigenvalue weighted by Gasteiger charge is 2.74. The Morgan fingerprint density at radius 2 is 1.50 bits per heavy atom. The first kappa shape index (κ1) is 8.10. The average Bonchev–Trinajstić information content (AvgIpc) is 3.16. The van der Waals surface area contributed by atoms with Gasteiger partial charge in [0.2, 0.25) is 0 Å².